The summed E-state index contributed by atoms with van der Waals surface area (Å²) in [5.74, 6) is -1.34. The van der Waals surface area contributed by atoms with E-state index in [2.05, 4.69) is 0 Å². The Labute approximate surface area is 433 Å². The molecule has 21 aliphatic heterocycles. The van der Waals surface area contributed by atoms with Gasteiger partial charge in [0.2, 0.25) is 0 Å². The molecule has 14 bridgehead atoms. The van der Waals surface area contributed by atoms with Crippen molar-refractivity contribution < 1.29 is 173 Å². The van der Waals surface area contributed by atoms with Crippen LogP contribution in [0.1, 0.15) is 0 Å². The first-order valence-corrected chi connectivity index (χ1v) is 24.5. The number of aliphatic hydroxyl groups excluding tert-OH is 20. The molecule has 21 fully saturated rings. The highest BCUT2D eigenvalue weighted by molar-refractivity contribution is 5.89. The first-order valence-electron chi connectivity index (χ1n) is 24.5. The van der Waals surface area contributed by atoms with Gasteiger partial charge in [-0.15, -0.1) is 0 Å². The summed E-state index contributed by atoms with van der Waals surface area (Å²) in [5.41, 5.74) is 0. The maximum absolute atomic E-state index is 13.7. The van der Waals surface area contributed by atoms with Crippen molar-refractivity contribution in [2.45, 2.75) is 209 Å². The van der Waals surface area contributed by atoms with Crippen LogP contribution in [0.2, 0.25) is 0 Å². The van der Waals surface area contributed by atoms with Gasteiger partial charge in [-0.25, -0.2) is 0 Å². The van der Waals surface area contributed by atoms with E-state index < -0.39 is 261 Å². The van der Waals surface area contributed by atoms with Gasteiger partial charge >= 0.3 is 0 Å². The average molecular weight is 1130 g/mol. The van der Waals surface area contributed by atoms with Gasteiger partial charge in [-0.3, -0.25) is 4.79 Å². The summed E-state index contributed by atoms with van der Waals surface area (Å²) in [6.45, 7) is -7.46. The van der Waals surface area contributed by atoms with E-state index in [9.17, 15) is 107 Å². The Hall–Kier alpha value is -1.69. The number of rotatable bonds is 7. The number of aliphatic hydroxyl groups is 20. The van der Waals surface area contributed by atoms with Crippen LogP contribution in [-0.2, 0) is 71.1 Å². The van der Waals surface area contributed by atoms with Gasteiger partial charge in [-0.05, 0) is 0 Å². The summed E-state index contributed by atoms with van der Waals surface area (Å²) in [6.07, 6.45) is -69.1. The van der Waals surface area contributed by atoms with Gasteiger partial charge in [0, 0.05) is 0 Å². The van der Waals surface area contributed by atoms with Gasteiger partial charge in [0.15, 0.2) is 62.0 Å². The van der Waals surface area contributed by atoms with Crippen LogP contribution < -0.4 is 0 Å². The molecule has 0 aromatic heterocycles. The number of ether oxygens (including phenoxy) is 14. The topological polar surface area (TPSA) is 551 Å². The molecule has 20 N–H and O–H groups in total. The standard InChI is InChI=1S/C42H68O35/c43-1-8-29-15(50)22(57)36(64-8)72-30-9(2-44)66-38(24(59)17(30)52)74-32-11(4-46)68-40(26(61)19(32)54)76-34-13(6-48)70-42(28(63)21(34)56)77-35-14(7-49)69-41(27(62)20(35)55)75-33-12(5-47)67-39(25(60)18(33)53)73-31-10(3-45)65-37(71-29)23(58)16(31)51/h8-20,22-55,57-63H,1-7H2. The third-order valence-corrected chi connectivity index (χ3v) is 14.6. The number of Topliss-reactive ketones (excluding diaryl/α,β-unsaturated/α-hetero) is 1. The summed E-state index contributed by atoms with van der Waals surface area (Å²) in [6, 6.07) is 0. The lowest BCUT2D eigenvalue weighted by Gasteiger charge is -2.50. The maximum atomic E-state index is 13.7. The van der Waals surface area contributed by atoms with Crippen LogP contribution in [0, 0.1) is 0 Å². The van der Waals surface area contributed by atoms with Crippen molar-refractivity contribution in [1.82, 2.24) is 0 Å². The minimum absolute atomic E-state index is 1.05. The van der Waals surface area contributed by atoms with E-state index in [0.29, 0.717) is 0 Å². The van der Waals surface area contributed by atoms with Crippen molar-refractivity contribution in [3.8, 4) is 0 Å². The number of hydrogen-bond donors (Lipinski definition) is 20. The molecule has 21 saturated heterocycles. The molecule has 21 heterocycles. The molecule has 446 valence electrons. The Morgan fingerprint density at radius 2 is 0.416 bits per heavy atom. The highest BCUT2D eigenvalue weighted by Crippen LogP contribution is 2.38. The number of carbonyl (C=O) groups is 1. The van der Waals surface area contributed by atoms with Crippen LogP contribution in [-0.4, -0.2) is 363 Å². The minimum Gasteiger partial charge on any atom is -0.394 e. The van der Waals surface area contributed by atoms with E-state index in [1.165, 1.54) is 0 Å². The normalized spacial score (nSPS) is 54.4. The van der Waals surface area contributed by atoms with Crippen LogP contribution in [0.5, 0.6) is 0 Å². The second kappa shape index (κ2) is 25.8. The summed E-state index contributed by atoms with van der Waals surface area (Å²) >= 11 is 0. The van der Waals surface area contributed by atoms with Crippen molar-refractivity contribution in [2.24, 2.45) is 0 Å². The Morgan fingerprint density at radius 1 is 0.234 bits per heavy atom. The van der Waals surface area contributed by atoms with Gasteiger partial charge in [0.1, 0.15) is 153 Å². The van der Waals surface area contributed by atoms with Crippen molar-refractivity contribution in [1.29, 1.82) is 0 Å². The second-order valence-corrected chi connectivity index (χ2v) is 19.5. The molecule has 35 heteroatoms. The first-order chi connectivity index (χ1) is 36.7. The lowest BCUT2D eigenvalue weighted by Crippen LogP contribution is -2.68. The molecule has 21 aliphatic rings. The largest absolute Gasteiger partial charge is 0.394 e. The van der Waals surface area contributed by atoms with Crippen molar-refractivity contribution in [2.75, 3.05) is 46.2 Å². The average Bonchev–Trinajstić information content (AvgIpc) is 3.46. The third-order valence-electron chi connectivity index (χ3n) is 14.6. The molecule has 77 heavy (non-hydrogen) atoms. The molecule has 0 aliphatic carbocycles. The van der Waals surface area contributed by atoms with Gasteiger partial charge in [0.05, 0.1) is 46.2 Å². The monoisotopic (exact) mass is 1130 g/mol. The molecule has 0 amide bonds. The van der Waals surface area contributed by atoms with Crippen LogP contribution in [0.15, 0.2) is 0 Å². The highest BCUT2D eigenvalue weighted by atomic mass is 16.8. The van der Waals surface area contributed by atoms with E-state index in [4.69, 9.17) is 66.3 Å². The molecule has 21 rings (SSSR count). The fraction of sp³-hybridized carbons (Fsp3) is 0.976. The van der Waals surface area contributed by atoms with Crippen molar-refractivity contribution in [3.63, 3.8) is 0 Å². The zero-order valence-corrected chi connectivity index (χ0v) is 40.1. The van der Waals surface area contributed by atoms with Crippen molar-refractivity contribution in [3.05, 3.63) is 0 Å². The van der Waals surface area contributed by atoms with E-state index in [-0.39, 0.29) is 0 Å². The molecule has 0 aromatic rings. The molecular weight excluding hydrogens is 1060 g/mol. The fourth-order valence-electron chi connectivity index (χ4n) is 10.3. The lowest BCUT2D eigenvalue weighted by molar-refractivity contribution is -0.396. The summed E-state index contributed by atoms with van der Waals surface area (Å²) in [5, 5.41) is 219. The number of ketones is 1. The van der Waals surface area contributed by atoms with Gasteiger partial charge in [0.25, 0.3) is 0 Å². The molecular formula is C42H68O35. The SMILES string of the molecule is O=C1C(O)C2OC(CO)C1OC1OC(CO)C(OC3OC(CO)C(OC4OC(CO)C(OC5OC(CO)C(OC6OC(CO)C(OC7OC(CO)C(O2)C(O)C7O)C(O)C6O)C(O)C5O)C(O)C4O)C(O)C3O)C(O)C1O. The smallest absolute Gasteiger partial charge is 0.198 e. The van der Waals surface area contributed by atoms with Crippen molar-refractivity contribution >= 4 is 5.78 Å². The lowest BCUT2D eigenvalue weighted by atomic mass is 9.95. The Morgan fingerprint density at radius 3 is 0.623 bits per heavy atom. The van der Waals surface area contributed by atoms with Crippen LogP contribution in [0.3, 0.4) is 0 Å². The summed E-state index contributed by atoms with van der Waals surface area (Å²) in [7, 11) is 0. The van der Waals surface area contributed by atoms with Gasteiger partial charge in [-0.2, -0.15) is 0 Å². The molecule has 0 saturated carbocycles. The maximum Gasteiger partial charge on any atom is 0.198 e. The zero-order chi connectivity index (χ0) is 56.1. The zero-order valence-electron chi connectivity index (χ0n) is 40.1. The number of carbonyl (C=O) groups excluding carboxylic acids is 1. The summed E-state index contributed by atoms with van der Waals surface area (Å²) in [4.78, 5) is 13.7. The number of hydrogen-bond acceptors (Lipinski definition) is 35. The minimum atomic E-state index is -2.40. The second-order valence-electron chi connectivity index (χ2n) is 19.5. The van der Waals surface area contributed by atoms with E-state index >= 15 is 0 Å². The molecule has 34 atom stereocenters. The van der Waals surface area contributed by atoms with E-state index in [1.54, 1.807) is 0 Å². The molecule has 0 aromatic carbocycles. The molecule has 35 nitrogen and oxygen atoms in total. The molecule has 0 radical (unpaired) electrons. The Balaban J connectivity index is 1.08. The van der Waals surface area contributed by atoms with Gasteiger partial charge < -0.3 is 168 Å². The quantitative estimate of drug-likeness (QED) is 0.113. The van der Waals surface area contributed by atoms with Crippen LogP contribution in [0.25, 0.3) is 0 Å². The van der Waals surface area contributed by atoms with Gasteiger partial charge in [-0.1, -0.05) is 0 Å². The summed E-state index contributed by atoms with van der Waals surface area (Å²) < 4.78 is 79.1. The molecule has 0 spiro atoms. The van der Waals surface area contributed by atoms with E-state index in [0.717, 1.165) is 0 Å². The first kappa shape index (κ1) is 61.4. The fourth-order valence-corrected chi connectivity index (χ4v) is 10.3. The highest BCUT2D eigenvalue weighted by Gasteiger charge is 2.59. The predicted octanol–water partition coefficient (Wildman–Crippen LogP) is -15.0. The Bertz CT molecular complexity index is 1860. The van der Waals surface area contributed by atoms with Crippen LogP contribution >= 0.6 is 0 Å². The van der Waals surface area contributed by atoms with E-state index in [1.807, 2.05) is 0 Å². The Kier molecular flexibility index (Phi) is 20.6. The third kappa shape index (κ3) is 12.0. The molecule has 34 unspecified atom stereocenters. The van der Waals surface area contributed by atoms with Crippen LogP contribution in [0.4, 0.5) is 0 Å². The predicted molar refractivity (Wildman–Crippen MR) is 227 cm³/mol.